The summed E-state index contributed by atoms with van der Waals surface area (Å²) in [5.74, 6) is -0.256. The first kappa shape index (κ1) is 21.2. The summed E-state index contributed by atoms with van der Waals surface area (Å²) in [5, 5.41) is 6.51. The number of nitrogens with one attached hydrogen (secondary N) is 1. The van der Waals surface area contributed by atoms with Gasteiger partial charge in [0.15, 0.2) is 21.4 Å². The minimum absolute atomic E-state index is 0.0241. The van der Waals surface area contributed by atoms with Gasteiger partial charge in [-0.25, -0.2) is 13.4 Å². The standard InChI is InChI=1S/C22H24N4O4S/c1-2-16-13-24-20(14-23-16)25-22(27)21(26-30-17-5-3-4-6-17)15-7-9-18(10-8-15)31(28,29)19-11-12-19/h2,7-10,13-14,17,19H,1,3-6,11-12H2,(H,24,25,27). The number of sulfone groups is 1. The van der Waals surface area contributed by atoms with Crippen molar-refractivity contribution >= 4 is 33.4 Å². The SMILES string of the molecule is C=Cc1cnc(NC(=O)C(=NOC2CCCC2)c2ccc(S(=O)(=O)C3CC3)cc2)cn1. The molecule has 0 spiro atoms. The first-order valence-corrected chi connectivity index (χ1v) is 11.9. The summed E-state index contributed by atoms with van der Waals surface area (Å²) in [6.07, 6.45) is 9.77. The molecule has 1 N–H and O–H groups in total. The highest BCUT2D eigenvalue weighted by molar-refractivity contribution is 7.92. The van der Waals surface area contributed by atoms with E-state index in [4.69, 9.17) is 4.84 Å². The van der Waals surface area contributed by atoms with Crippen molar-refractivity contribution in [2.45, 2.75) is 54.8 Å². The minimum Gasteiger partial charge on any atom is -0.392 e. The Hall–Kier alpha value is -3.07. The van der Waals surface area contributed by atoms with E-state index < -0.39 is 15.7 Å². The van der Waals surface area contributed by atoms with Crippen molar-refractivity contribution in [2.24, 2.45) is 5.16 Å². The average molecular weight is 441 g/mol. The van der Waals surface area contributed by atoms with Crippen LogP contribution in [0.3, 0.4) is 0 Å². The van der Waals surface area contributed by atoms with E-state index in [2.05, 4.69) is 27.0 Å². The fourth-order valence-electron chi connectivity index (χ4n) is 3.40. The molecule has 0 radical (unpaired) electrons. The summed E-state index contributed by atoms with van der Waals surface area (Å²) in [4.78, 5) is 27.1. The van der Waals surface area contributed by atoms with Gasteiger partial charge in [0.05, 0.1) is 28.2 Å². The molecule has 2 aromatic rings. The monoisotopic (exact) mass is 440 g/mol. The zero-order chi connectivity index (χ0) is 21.8. The topological polar surface area (TPSA) is 111 Å². The van der Waals surface area contributed by atoms with Gasteiger partial charge in [0.1, 0.15) is 6.10 Å². The number of oxime groups is 1. The van der Waals surface area contributed by atoms with Gasteiger partial charge < -0.3 is 10.2 Å². The van der Waals surface area contributed by atoms with Crippen LogP contribution in [-0.2, 0) is 19.5 Å². The number of hydrogen-bond donors (Lipinski definition) is 1. The molecule has 4 rings (SSSR count). The van der Waals surface area contributed by atoms with Gasteiger partial charge in [0.25, 0.3) is 5.91 Å². The number of carbonyl (C=O) groups is 1. The highest BCUT2D eigenvalue weighted by Gasteiger charge is 2.36. The van der Waals surface area contributed by atoms with Crippen LogP contribution in [0, 0.1) is 0 Å². The van der Waals surface area contributed by atoms with Gasteiger partial charge in [-0.05, 0) is 56.7 Å². The summed E-state index contributed by atoms with van der Waals surface area (Å²) < 4.78 is 24.9. The van der Waals surface area contributed by atoms with E-state index in [1.54, 1.807) is 18.2 Å². The van der Waals surface area contributed by atoms with Gasteiger partial charge in [0.2, 0.25) is 0 Å². The molecule has 2 saturated carbocycles. The lowest BCUT2D eigenvalue weighted by atomic mass is 10.1. The molecule has 1 heterocycles. The van der Waals surface area contributed by atoms with Crippen LogP contribution in [0.25, 0.3) is 6.08 Å². The number of rotatable bonds is 8. The highest BCUT2D eigenvalue weighted by Crippen LogP contribution is 2.33. The third-order valence-corrected chi connectivity index (χ3v) is 7.63. The zero-order valence-electron chi connectivity index (χ0n) is 17.0. The number of carbonyl (C=O) groups excluding carboxylic acids is 1. The molecule has 0 bridgehead atoms. The minimum atomic E-state index is -3.31. The van der Waals surface area contributed by atoms with Gasteiger partial charge in [-0.1, -0.05) is 23.9 Å². The number of amides is 1. The lowest BCUT2D eigenvalue weighted by Gasteiger charge is -2.11. The van der Waals surface area contributed by atoms with Crippen LogP contribution in [0.1, 0.15) is 49.8 Å². The second-order valence-electron chi connectivity index (χ2n) is 7.71. The van der Waals surface area contributed by atoms with E-state index >= 15 is 0 Å². The van der Waals surface area contributed by atoms with Crippen LogP contribution < -0.4 is 5.32 Å². The Morgan fingerprint density at radius 2 is 1.81 bits per heavy atom. The maximum Gasteiger partial charge on any atom is 0.279 e. The van der Waals surface area contributed by atoms with Crippen molar-refractivity contribution in [1.29, 1.82) is 0 Å². The van der Waals surface area contributed by atoms with E-state index in [1.165, 1.54) is 24.5 Å². The van der Waals surface area contributed by atoms with Crippen LogP contribution in [0.2, 0.25) is 0 Å². The van der Waals surface area contributed by atoms with Crippen LogP contribution in [0.15, 0.2) is 53.3 Å². The molecule has 0 atom stereocenters. The highest BCUT2D eigenvalue weighted by atomic mass is 32.2. The summed E-state index contributed by atoms with van der Waals surface area (Å²) >= 11 is 0. The van der Waals surface area contributed by atoms with Gasteiger partial charge in [-0.3, -0.25) is 9.78 Å². The maximum atomic E-state index is 12.9. The number of hydrogen-bond acceptors (Lipinski definition) is 7. The van der Waals surface area contributed by atoms with Crippen molar-refractivity contribution in [3.8, 4) is 0 Å². The Morgan fingerprint density at radius 1 is 1.10 bits per heavy atom. The van der Waals surface area contributed by atoms with Crippen molar-refractivity contribution in [3.63, 3.8) is 0 Å². The number of benzene rings is 1. The fraction of sp³-hybridized carbons (Fsp3) is 0.364. The smallest absolute Gasteiger partial charge is 0.279 e. The Bertz CT molecular complexity index is 1090. The molecule has 0 aliphatic heterocycles. The molecule has 2 fully saturated rings. The van der Waals surface area contributed by atoms with Gasteiger partial charge in [-0.2, -0.15) is 0 Å². The van der Waals surface area contributed by atoms with Gasteiger partial charge in [-0.15, -0.1) is 0 Å². The van der Waals surface area contributed by atoms with Gasteiger partial charge in [0, 0.05) is 5.56 Å². The lowest BCUT2D eigenvalue weighted by Crippen LogP contribution is -2.25. The quantitative estimate of drug-likeness (QED) is 0.498. The molecule has 162 valence electrons. The second-order valence-corrected chi connectivity index (χ2v) is 9.93. The molecular formula is C22H24N4O4S. The fourth-order valence-corrected chi connectivity index (χ4v) is 5.06. The van der Waals surface area contributed by atoms with E-state index in [1.807, 2.05) is 0 Å². The summed E-state index contributed by atoms with van der Waals surface area (Å²) in [5.41, 5.74) is 1.10. The summed E-state index contributed by atoms with van der Waals surface area (Å²) in [6, 6.07) is 6.19. The zero-order valence-corrected chi connectivity index (χ0v) is 17.8. The van der Waals surface area contributed by atoms with E-state index in [-0.39, 0.29) is 27.8 Å². The van der Waals surface area contributed by atoms with Crippen molar-refractivity contribution in [3.05, 3.63) is 54.5 Å². The van der Waals surface area contributed by atoms with Gasteiger partial charge >= 0.3 is 0 Å². The first-order chi connectivity index (χ1) is 15.0. The molecular weight excluding hydrogens is 416 g/mol. The van der Waals surface area contributed by atoms with Crippen LogP contribution in [-0.4, -0.2) is 41.4 Å². The number of aromatic nitrogens is 2. The molecule has 2 aliphatic rings. The predicted molar refractivity (Wildman–Crippen MR) is 117 cm³/mol. The van der Waals surface area contributed by atoms with Crippen LogP contribution in [0.4, 0.5) is 5.82 Å². The molecule has 1 aromatic carbocycles. The van der Waals surface area contributed by atoms with E-state index in [0.717, 1.165) is 25.7 Å². The molecule has 2 aliphatic carbocycles. The average Bonchev–Trinajstić information content (AvgIpc) is 3.52. The Morgan fingerprint density at radius 3 is 2.39 bits per heavy atom. The van der Waals surface area contributed by atoms with Crippen LogP contribution >= 0.6 is 0 Å². The summed E-state index contributed by atoms with van der Waals surface area (Å²) in [7, 11) is -3.31. The largest absolute Gasteiger partial charge is 0.392 e. The number of nitrogens with zero attached hydrogens (tertiary/aromatic N) is 3. The van der Waals surface area contributed by atoms with Crippen molar-refractivity contribution < 1.29 is 18.0 Å². The van der Waals surface area contributed by atoms with Crippen LogP contribution in [0.5, 0.6) is 0 Å². The molecule has 9 heteroatoms. The molecule has 8 nitrogen and oxygen atoms in total. The Kier molecular flexibility index (Phi) is 6.13. The third-order valence-electron chi connectivity index (χ3n) is 5.35. The Labute approximate surface area is 181 Å². The third kappa shape index (κ3) is 4.99. The molecule has 1 amide bonds. The maximum absolute atomic E-state index is 12.9. The van der Waals surface area contributed by atoms with Crippen molar-refractivity contribution in [2.75, 3.05) is 5.32 Å². The Balaban J connectivity index is 1.57. The van der Waals surface area contributed by atoms with Crippen molar-refractivity contribution in [1.82, 2.24) is 9.97 Å². The predicted octanol–water partition coefficient (Wildman–Crippen LogP) is 3.36. The molecule has 31 heavy (non-hydrogen) atoms. The second kappa shape index (κ2) is 8.97. The lowest BCUT2D eigenvalue weighted by molar-refractivity contribution is -0.110. The molecule has 0 saturated heterocycles. The first-order valence-electron chi connectivity index (χ1n) is 10.3. The normalized spacial score (nSPS) is 17.4. The number of anilines is 1. The van der Waals surface area contributed by atoms with E-state index in [0.29, 0.717) is 24.1 Å². The molecule has 0 unspecified atom stereocenters. The summed E-state index contributed by atoms with van der Waals surface area (Å²) in [6.45, 7) is 3.62. The molecule has 1 aromatic heterocycles. The van der Waals surface area contributed by atoms with E-state index in [9.17, 15) is 13.2 Å².